The van der Waals surface area contributed by atoms with Crippen molar-refractivity contribution in [1.82, 2.24) is 14.9 Å². The average molecular weight is 599 g/mol. The Hall–Kier alpha value is -5.51. The van der Waals surface area contributed by atoms with E-state index in [4.69, 9.17) is 4.74 Å². The summed E-state index contributed by atoms with van der Waals surface area (Å²) in [6.07, 6.45) is -0.472. The van der Waals surface area contributed by atoms with Crippen LogP contribution in [0, 0.1) is 10.1 Å². The minimum absolute atomic E-state index is 0.0595. The minimum atomic E-state index is -3.99. The fourth-order valence-electron chi connectivity index (χ4n) is 3.29. The van der Waals surface area contributed by atoms with Gasteiger partial charge in [0.25, 0.3) is 21.6 Å². The van der Waals surface area contributed by atoms with E-state index in [0.717, 1.165) is 6.41 Å². The standard InChI is InChI=1S/C23H19N5O8S.C3H7NO/c1-13(21(29)24-16-3-2-4-17(11-16)28(32)33)36-22(30)14-5-7-15(8-6-14)27-37(34,35)18-9-10-19-20(12-18)26-23(31)25-19;1-4(2)3-5/h2-13,27H,1H3,(H,24,29)(H2,25,26,31);3H,1-2H3. The van der Waals surface area contributed by atoms with Crippen molar-refractivity contribution >= 4 is 56.4 Å². The number of nitro groups is 1. The molecule has 0 spiro atoms. The number of esters is 1. The topological polar surface area (TPSA) is 214 Å². The second-order valence-corrected chi connectivity index (χ2v) is 10.6. The molecule has 0 radical (unpaired) electrons. The van der Waals surface area contributed by atoms with Crippen molar-refractivity contribution in [2.24, 2.45) is 0 Å². The molecule has 1 heterocycles. The van der Waals surface area contributed by atoms with E-state index in [0.29, 0.717) is 11.0 Å². The van der Waals surface area contributed by atoms with Gasteiger partial charge in [-0.15, -0.1) is 0 Å². The number of benzene rings is 3. The summed E-state index contributed by atoms with van der Waals surface area (Å²) >= 11 is 0. The number of nitrogens with one attached hydrogen (secondary N) is 4. The molecule has 0 saturated carbocycles. The van der Waals surface area contributed by atoms with Gasteiger partial charge < -0.3 is 24.9 Å². The number of aromatic amines is 2. The molecule has 0 aliphatic heterocycles. The number of sulfonamides is 1. The van der Waals surface area contributed by atoms with Crippen LogP contribution in [0.2, 0.25) is 0 Å². The van der Waals surface area contributed by atoms with E-state index in [2.05, 4.69) is 20.0 Å². The van der Waals surface area contributed by atoms with Crippen LogP contribution in [-0.2, 0) is 24.3 Å². The van der Waals surface area contributed by atoms with E-state index in [-0.39, 0.29) is 27.5 Å². The molecule has 1 aromatic heterocycles. The molecular formula is C26H26N6O9S. The number of hydrogen-bond donors (Lipinski definition) is 4. The number of amides is 2. The lowest BCUT2D eigenvalue weighted by Crippen LogP contribution is -2.30. The van der Waals surface area contributed by atoms with E-state index in [1.54, 1.807) is 14.1 Å². The van der Waals surface area contributed by atoms with Crippen LogP contribution in [0.4, 0.5) is 17.1 Å². The molecule has 4 aromatic rings. The van der Waals surface area contributed by atoms with Crippen LogP contribution in [0.5, 0.6) is 0 Å². The summed E-state index contributed by atoms with van der Waals surface area (Å²) in [5.74, 6) is -1.53. The first kappa shape index (κ1) is 31.0. The van der Waals surface area contributed by atoms with Crippen molar-refractivity contribution in [1.29, 1.82) is 0 Å². The lowest BCUT2D eigenvalue weighted by atomic mass is 10.2. The third kappa shape index (κ3) is 8.25. The lowest BCUT2D eigenvalue weighted by Gasteiger charge is -2.14. The Morgan fingerprint density at radius 1 is 1.00 bits per heavy atom. The minimum Gasteiger partial charge on any atom is -0.449 e. The molecule has 16 heteroatoms. The molecule has 42 heavy (non-hydrogen) atoms. The molecular weight excluding hydrogens is 572 g/mol. The van der Waals surface area contributed by atoms with E-state index >= 15 is 0 Å². The van der Waals surface area contributed by atoms with Crippen LogP contribution in [0.25, 0.3) is 11.0 Å². The number of anilines is 2. The summed E-state index contributed by atoms with van der Waals surface area (Å²) in [5, 5.41) is 13.3. The Bertz CT molecular complexity index is 1780. The van der Waals surface area contributed by atoms with Crippen molar-refractivity contribution < 1.29 is 32.5 Å². The summed E-state index contributed by atoms with van der Waals surface area (Å²) < 4.78 is 32.9. The zero-order valence-electron chi connectivity index (χ0n) is 22.5. The predicted molar refractivity (Wildman–Crippen MR) is 153 cm³/mol. The third-order valence-corrected chi connectivity index (χ3v) is 6.74. The summed E-state index contributed by atoms with van der Waals surface area (Å²) in [4.78, 5) is 62.2. The highest BCUT2D eigenvalue weighted by molar-refractivity contribution is 7.92. The molecule has 1 atom stereocenters. The number of aromatic nitrogens is 2. The zero-order chi connectivity index (χ0) is 31.0. The molecule has 15 nitrogen and oxygen atoms in total. The third-order valence-electron chi connectivity index (χ3n) is 5.36. The fraction of sp³-hybridized carbons (Fsp3) is 0.154. The first-order chi connectivity index (χ1) is 19.8. The number of rotatable bonds is 9. The number of nitro benzene ring substituents is 1. The lowest BCUT2D eigenvalue weighted by molar-refractivity contribution is -0.384. The Morgan fingerprint density at radius 2 is 1.64 bits per heavy atom. The van der Waals surface area contributed by atoms with Gasteiger partial charge in [-0.25, -0.2) is 18.0 Å². The summed E-state index contributed by atoms with van der Waals surface area (Å²) in [6, 6.07) is 14.7. The van der Waals surface area contributed by atoms with Gasteiger partial charge in [-0.3, -0.25) is 24.4 Å². The fourth-order valence-corrected chi connectivity index (χ4v) is 4.37. The van der Waals surface area contributed by atoms with Gasteiger partial charge in [-0.05, 0) is 55.5 Å². The zero-order valence-corrected chi connectivity index (χ0v) is 23.3. The molecule has 0 aliphatic carbocycles. The van der Waals surface area contributed by atoms with E-state index < -0.39 is 38.6 Å². The number of non-ortho nitro benzene ring substituents is 1. The van der Waals surface area contributed by atoms with Crippen molar-refractivity contribution in [3.8, 4) is 0 Å². The number of fused-ring (bicyclic) bond motifs is 1. The highest BCUT2D eigenvalue weighted by Crippen LogP contribution is 2.20. The van der Waals surface area contributed by atoms with Gasteiger partial charge in [-0.1, -0.05) is 6.07 Å². The molecule has 2 amide bonds. The molecule has 4 N–H and O–H groups in total. The monoisotopic (exact) mass is 598 g/mol. The summed E-state index contributed by atoms with van der Waals surface area (Å²) in [5.41, 5.74) is 0.504. The molecule has 0 saturated heterocycles. The number of nitrogens with zero attached hydrogens (tertiary/aromatic N) is 2. The van der Waals surface area contributed by atoms with Gasteiger partial charge in [0, 0.05) is 37.6 Å². The van der Waals surface area contributed by atoms with Crippen LogP contribution < -0.4 is 15.7 Å². The average Bonchev–Trinajstić information content (AvgIpc) is 3.33. The smallest absolute Gasteiger partial charge is 0.338 e. The molecule has 0 fully saturated rings. The SMILES string of the molecule is CC(OC(=O)c1ccc(NS(=O)(=O)c2ccc3[nH]c(=O)[nH]c3c2)cc1)C(=O)Nc1cccc([N+](=O)[O-])c1.CN(C)C=O. The molecule has 0 aliphatic rings. The van der Waals surface area contributed by atoms with Crippen LogP contribution in [-0.4, -0.2) is 66.7 Å². The summed E-state index contributed by atoms with van der Waals surface area (Å²) in [6.45, 7) is 1.33. The predicted octanol–water partition coefficient (Wildman–Crippen LogP) is 2.45. The molecule has 4 rings (SSSR count). The normalized spacial score (nSPS) is 11.4. The Kier molecular flexibility index (Phi) is 9.77. The highest BCUT2D eigenvalue weighted by atomic mass is 32.2. The van der Waals surface area contributed by atoms with E-state index in [1.165, 1.54) is 78.6 Å². The second-order valence-electron chi connectivity index (χ2n) is 8.88. The molecule has 1 unspecified atom stereocenters. The number of carbonyl (C=O) groups excluding carboxylic acids is 3. The van der Waals surface area contributed by atoms with Crippen LogP contribution in [0.1, 0.15) is 17.3 Å². The van der Waals surface area contributed by atoms with Gasteiger partial charge in [0.15, 0.2) is 6.10 Å². The van der Waals surface area contributed by atoms with Crippen molar-refractivity contribution in [2.75, 3.05) is 24.1 Å². The maximum Gasteiger partial charge on any atom is 0.338 e. The largest absolute Gasteiger partial charge is 0.449 e. The Labute approximate surface area is 238 Å². The van der Waals surface area contributed by atoms with Gasteiger partial charge >= 0.3 is 11.7 Å². The first-order valence-corrected chi connectivity index (χ1v) is 13.5. The summed E-state index contributed by atoms with van der Waals surface area (Å²) in [7, 11) is -0.619. The van der Waals surface area contributed by atoms with Crippen LogP contribution in [0.15, 0.2) is 76.4 Å². The van der Waals surface area contributed by atoms with Crippen molar-refractivity contribution in [2.45, 2.75) is 17.9 Å². The van der Waals surface area contributed by atoms with Gasteiger partial charge in [0.05, 0.1) is 26.4 Å². The maximum absolute atomic E-state index is 12.7. The highest BCUT2D eigenvalue weighted by Gasteiger charge is 2.21. The van der Waals surface area contributed by atoms with Gasteiger partial charge in [0.2, 0.25) is 6.41 Å². The number of imidazole rings is 1. The maximum atomic E-state index is 12.7. The Morgan fingerprint density at radius 3 is 2.26 bits per heavy atom. The molecule has 220 valence electrons. The Balaban J connectivity index is 0.000000892. The number of ether oxygens (including phenoxy) is 1. The van der Waals surface area contributed by atoms with Crippen molar-refractivity contribution in [3.05, 3.63) is 92.9 Å². The number of hydrogen-bond acceptors (Lipinski definition) is 9. The van der Waals surface area contributed by atoms with Crippen LogP contribution in [0.3, 0.4) is 0 Å². The molecule has 0 bridgehead atoms. The number of H-pyrrole nitrogens is 2. The van der Waals surface area contributed by atoms with Gasteiger partial charge in [0.1, 0.15) is 0 Å². The quantitative estimate of drug-likeness (QED) is 0.0962. The van der Waals surface area contributed by atoms with Crippen molar-refractivity contribution in [3.63, 3.8) is 0 Å². The molecule has 3 aromatic carbocycles. The first-order valence-electron chi connectivity index (χ1n) is 12.0. The van der Waals surface area contributed by atoms with Gasteiger partial charge in [-0.2, -0.15) is 0 Å². The number of carbonyl (C=O) groups is 3. The second kappa shape index (κ2) is 13.2. The van der Waals surface area contributed by atoms with E-state index in [1.807, 2.05) is 0 Å². The van der Waals surface area contributed by atoms with E-state index in [9.17, 15) is 37.7 Å². The van der Waals surface area contributed by atoms with Crippen LogP contribution >= 0.6 is 0 Å².